The van der Waals surface area contributed by atoms with Gasteiger partial charge in [0.25, 0.3) is 11.8 Å². The van der Waals surface area contributed by atoms with E-state index in [9.17, 15) is 13.2 Å². The van der Waals surface area contributed by atoms with E-state index >= 15 is 0 Å². The van der Waals surface area contributed by atoms with Crippen molar-refractivity contribution in [1.82, 2.24) is 25.3 Å². The number of rotatable bonds is 9. The monoisotopic (exact) mass is 471 g/mol. The first kappa shape index (κ1) is 24.1. The number of ether oxygens (including phenoxy) is 2. The van der Waals surface area contributed by atoms with Gasteiger partial charge in [0.2, 0.25) is 0 Å². The van der Waals surface area contributed by atoms with Crippen LogP contribution >= 0.6 is 0 Å². The lowest BCUT2D eigenvalue weighted by Crippen LogP contribution is -2.50. The first-order valence-electron chi connectivity index (χ1n) is 10.1. The molecule has 11 heteroatoms. The Balaban J connectivity index is 1.93. The number of pyridine rings is 2. The Labute approximate surface area is 192 Å². The van der Waals surface area contributed by atoms with E-state index in [-0.39, 0.29) is 17.2 Å². The number of aromatic nitrogens is 4. The molecule has 0 fully saturated rings. The van der Waals surface area contributed by atoms with Crippen molar-refractivity contribution in [2.75, 3.05) is 12.9 Å². The molecule has 0 radical (unpaired) electrons. The highest BCUT2D eigenvalue weighted by atomic mass is 32.2. The Morgan fingerprint density at radius 2 is 1.88 bits per heavy atom. The Morgan fingerprint density at radius 1 is 1.15 bits per heavy atom. The molecule has 0 aliphatic rings. The Kier molecular flexibility index (Phi) is 7.22. The molecule has 1 amide bonds. The van der Waals surface area contributed by atoms with Gasteiger partial charge in [-0.1, -0.05) is 0 Å². The second-order valence-corrected chi connectivity index (χ2v) is 9.94. The molecule has 1 N–H and O–H groups in total. The molecule has 0 saturated heterocycles. The quantitative estimate of drug-likeness (QED) is 0.500. The predicted molar refractivity (Wildman–Crippen MR) is 121 cm³/mol. The van der Waals surface area contributed by atoms with Crippen LogP contribution < -0.4 is 14.8 Å². The maximum Gasteiger partial charge on any atom is 0.262 e. The average molecular weight is 472 g/mol. The van der Waals surface area contributed by atoms with Crippen LogP contribution in [0.3, 0.4) is 0 Å². The van der Waals surface area contributed by atoms with E-state index in [2.05, 4.69) is 25.3 Å². The van der Waals surface area contributed by atoms with Gasteiger partial charge in [-0.2, -0.15) is 0 Å². The van der Waals surface area contributed by atoms with Gasteiger partial charge < -0.3 is 14.8 Å². The van der Waals surface area contributed by atoms with Gasteiger partial charge in [0.1, 0.15) is 17.3 Å². The molecule has 174 valence electrons. The second-order valence-electron chi connectivity index (χ2n) is 7.81. The summed E-state index contributed by atoms with van der Waals surface area (Å²) in [5, 5.41) is 1.65. The molecule has 0 bridgehead atoms. The Bertz CT molecular complexity index is 1220. The van der Waals surface area contributed by atoms with Gasteiger partial charge >= 0.3 is 0 Å². The van der Waals surface area contributed by atoms with Crippen LogP contribution in [0, 0.1) is 0 Å². The molecule has 33 heavy (non-hydrogen) atoms. The van der Waals surface area contributed by atoms with Gasteiger partial charge in [0.05, 0.1) is 23.9 Å². The van der Waals surface area contributed by atoms with Crippen molar-refractivity contribution in [2.45, 2.75) is 31.6 Å². The van der Waals surface area contributed by atoms with Crippen molar-refractivity contribution >= 4 is 15.7 Å². The van der Waals surface area contributed by atoms with E-state index in [1.807, 2.05) is 6.92 Å². The standard InChI is InChI=1S/C22H25N5O5S/c1-5-31-18-7-6-8-26-21(18)32-17-9-15(10-23-13-17)19(33(4,29)30)22(2,3)27-20(28)16-11-24-14-25-12-16/h6-14,19H,5H2,1-4H3,(H,27,28). The highest BCUT2D eigenvalue weighted by molar-refractivity contribution is 7.91. The number of nitrogens with zero attached hydrogens (tertiary/aromatic N) is 4. The van der Waals surface area contributed by atoms with E-state index in [4.69, 9.17) is 9.47 Å². The summed E-state index contributed by atoms with van der Waals surface area (Å²) in [6.07, 6.45) is 9.55. The van der Waals surface area contributed by atoms with E-state index in [1.165, 1.54) is 31.1 Å². The van der Waals surface area contributed by atoms with E-state index < -0.39 is 26.5 Å². The molecular weight excluding hydrogens is 446 g/mol. The molecule has 0 saturated carbocycles. The molecule has 10 nitrogen and oxygen atoms in total. The zero-order chi connectivity index (χ0) is 24.1. The minimum Gasteiger partial charge on any atom is -0.488 e. The summed E-state index contributed by atoms with van der Waals surface area (Å²) in [7, 11) is -3.69. The molecule has 0 aliphatic carbocycles. The van der Waals surface area contributed by atoms with Crippen molar-refractivity contribution in [3.63, 3.8) is 0 Å². The summed E-state index contributed by atoms with van der Waals surface area (Å²) in [6.45, 7) is 5.52. The van der Waals surface area contributed by atoms with Crippen LogP contribution in [-0.2, 0) is 9.84 Å². The van der Waals surface area contributed by atoms with Crippen LogP contribution in [-0.4, -0.2) is 52.7 Å². The first-order valence-corrected chi connectivity index (χ1v) is 12.0. The Hall–Kier alpha value is -3.60. The third kappa shape index (κ3) is 6.01. The molecule has 1 unspecified atom stereocenters. The van der Waals surface area contributed by atoms with Crippen LogP contribution in [0.2, 0.25) is 0 Å². The van der Waals surface area contributed by atoms with Crippen LogP contribution in [0.15, 0.2) is 55.5 Å². The molecule has 3 rings (SSSR count). The normalized spacial score (nSPS) is 12.6. The van der Waals surface area contributed by atoms with E-state index in [0.717, 1.165) is 6.26 Å². The second kappa shape index (κ2) is 9.90. The summed E-state index contributed by atoms with van der Waals surface area (Å²) in [5.74, 6) is 0.456. The lowest BCUT2D eigenvalue weighted by molar-refractivity contribution is 0.0910. The first-order chi connectivity index (χ1) is 15.6. The molecule has 0 aromatic carbocycles. The number of nitrogens with one attached hydrogen (secondary N) is 1. The summed E-state index contributed by atoms with van der Waals surface area (Å²) in [5.41, 5.74) is -0.646. The minimum atomic E-state index is -3.69. The summed E-state index contributed by atoms with van der Waals surface area (Å²) in [6, 6.07) is 4.99. The van der Waals surface area contributed by atoms with Crippen LogP contribution in [0.25, 0.3) is 0 Å². The highest BCUT2D eigenvalue weighted by Crippen LogP contribution is 2.36. The third-order valence-electron chi connectivity index (χ3n) is 4.63. The van der Waals surface area contributed by atoms with Crippen molar-refractivity contribution in [3.05, 3.63) is 66.6 Å². The van der Waals surface area contributed by atoms with Gasteiger partial charge in [0, 0.05) is 31.0 Å². The number of carbonyl (C=O) groups is 1. The van der Waals surface area contributed by atoms with Crippen molar-refractivity contribution in [2.24, 2.45) is 0 Å². The fourth-order valence-electron chi connectivity index (χ4n) is 3.51. The van der Waals surface area contributed by atoms with Gasteiger partial charge in [-0.05, 0) is 44.5 Å². The summed E-state index contributed by atoms with van der Waals surface area (Å²) in [4.78, 5) is 28.7. The molecule has 1 atom stereocenters. The van der Waals surface area contributed by atoms with Crippen molar-refractivity contribution < 1.29 is 22.7 Å². The predicted octanol–water partition coefficient (Wildman–Crippen LogP) is 2.75. The zero-order valence-electron chi connectivity index (χ0n) is 18.7. The van der Waals surface area contributed by atoms with Crippen LogP contribution in [0.5, 0.6) is 17.4 Å². The van der Waals surface area contributed by atoms with E-state index in [0.29, 0.717) is 17.9 Å². The smallest absolute Gasteiger partial charge is 0.262 e. The van der Waals surface area contributed by atoms with Gasteiger partial charge in [-0.15, -0.1) is 0 Å². The molecular formula is C22H25N5O5S. The van der Waals surface area contributed by atoms with E-state index in [1.54, 1.807) is 38.2 Å². The third-order valence-corrected chi connectivity index (χ3v) is 6.35. The zero-order valence-corrected chi connectivity index (χ0v) is 19.5. The largest absolute Gasteiger partial charge is 0.488 e. The maximum atomic E-state index is 12.8. The topological polar surface area (TPSA) is 133 Å². The lowest BCUT2D eigenvalue weighted by Gasteiger charge is -2.34. The number of sulfone groups is 1. The van der Waals surface area contributed by atoms with Crippen molar-refractivity contribution in [1.29, 1.82) is 0 Å². The molecule has 3 aromatic rings. The molecule has 0 spiro atoms. The van der Waals surface area contributed by atoms with Gasteiger partial charge in [0.15, 0.2) is 15.6 Å². The summed E-state index contributed by atoms with van der Waals surface area (Å²) < 4.78 is 37.0. The van der Waals surface area contributed by atoms with Crippen LogP contribution in [0.1, 0.15) is 41.9 Å². The Morgan fingerprint density at radius 3 is 2.55 bits per heavy atom. The van der Waals surface area contributed by atoms with Gasteiger partial charge in [-0.3, -0.25) is 9.78 Å². The average Bonchev–Trinajstić information content (AvgIpc) is 2.75. The fraction of sp³-hybridized carbons (Fsp3) is 0.318. The number of hydrogen-bond acceptors (Lipinski definition) is 9. The van der Waals surface area contributed by atoms with Gasteiger partial charge in [-0.25, -0.2) is 23.4 Å². The molecule has 0 aliphatic heterocycles. The molecule has 3 aromatic heterocycles. The van der Waals surface area contributed by atoms with Crippen LogP contribution in [0.4, 0.5) is 0 Å². The lowest BCUT2D eigenvalue weighted by atomic mass is 9.94. The van der Waals surface area contributed by atoms with Crippen molar-refractivity contribution in [3.8, 4) is 17.4 Å². The number of hydrogen-bond donors (Lipinski definition) is 1. The maximum absolute atomic E-state index is 12.8. The number of carbonyl (C=O) groups excluding carboxylic acids is 1. The highest BCUT2D eigenvalue weighted by Gasteiger charge is 2.40. The summed E-state index contributed by atoms with van der Waals surface area (Å²) >= 11 is 0. The number of amides is 1. The molecule has 3 heterocycles. The SMILES string of the molecule is CCOc1cccnc1Oc1cncc(C(C(C)(C)NC(=O)c2cncnc2)S(C)(=O)=O)c1. The minimum absolute atomic E-state index is 0.214. The fourth-order valence-corrected chi connectivity index (χ4v) is 5.26.